The molecule has 0 aliphatic heterocycles. The Labute approximate surface area is 206 Å². The van der Waals surface area contributed by atoms with E-state index in [1.165, 1.54) is 24.7 Å². The summed E-state index contributed by atoms with van der Waals surface area (Å²) in [5.41, 5.74) is 1.72. The van der Waals surface area contributed by atoms with E-state index in [1.807, 2.05) is 24.3 Å². The van der Waals surface area contributed by atoms with Crippen molar-refractivity contribution in [1.82, 2.24) is 14.7 Å². The summed E-state index contributed by atoms with van der Waals surface area (Å²) in [4.78, 5) is 16.7. The summed E-state index contributed by atoms with van der Waals surface area (Å²) in [6.07, 6.45) is 4.50. The average molecular weight is 542 g/mol. The number of nitrogens with zero attached hydrogens (tertiary/aromatic N) is 4. The van der Waals surface area contributed by atoms with Gasteiger partial charge in [0.2, 0.25) is 5.88 Å². The lowest BCUT2D eigenvalue weighted by Crippen LogP contribution is -2.11. The molecule has 172 valence electrons. The van der Waals surface area contributed by atoms with Gasteiger partial charge in [0.15, 0.2) is 5.82 Å². The van der Waals surface area contributed by atoms with Crippen LogP contribution in [0.25, 0.3) is 11.1 Å². The molecule has 32 heavy (non-hydrogen) atoms. The van der Waals surface area contributed by atoms with Crippen LogP contribution in [-0.2, 0) is 4.74 Å². The maximum absolute atomic E-state index is 5.98. The number of amidine groups is 1. The molecular weight excluding hydrogens is 516 g/mol. The van der Waals surface area contributed by atoms with Gasteiger partial charge in [-0.2, -0.15) is 0 Å². The monoisotopic (exact) mass is 540 g/mol. The fraction of sp³-hybridized carbons (Fsp3) is 0.333. The number of benzene rings is 1. The molecule has 0 saturated heterocycles. The summed E-state index contributed by atoms with van der Waals surface area (Å²) in [6, 6.07) is 8.14. The maximum atomic E-state index is 5.98. The zero-order chi connectivity index (χ0) is 23.2. The number of aliphatic imine (C=N–C) groups is 2. The van der Waals surface area contributed by atoms with Gasteiger partial charge in [0.25, 0.3) is 0 Å². The van der Waals surface area contributed by atoms with Crippen molar-refractivity contribution < 1.29 is 9.47 Å². The molecule has 2 aromatic rings. The molecule has 0 saturated carbocycles. The Kier molecular flexibility index (Phi) is 12.1. The highest BCUT2D eigenvalue weighted by Gasteiger charge is 2.15. The quantitative estimate of drug-likeness (QED) is 0.159. The molecule has 2 rings (SSSR count). The largest absolute Gasteiger partial charge is 0.477 e. The van der Waals surface area contributed by atoms with E-state index in [9.17, 15) is 0 Å². The number of aromatic nitrogens is 2. The van der Waals surface area contributed by atoms with E-state index in [2.05, 4.69) is 58.8 Å². The van der Waals surface area contributed by atoms with Crippen LogP contribution in [0.15, 0.2) is 56.7 Å². The predicted octanol–water partition coefficient (Wildman–Crippen LogP) is 5.48. The van der Waals surface area contributed by atoms with Crippen molar-refractivity contribution in [1.29, 1.82) is 0 Å². The van der Waals surface area contributed by atoms with Crippen molar-refractivity contribution >= 4 is 57.7 Å². The van der Waals surface area contributed by atoms with E-state index < -0.39 is 0 Å². The van der Waals surface area contributed by atoms with Crippen molar-refractivity contribution in [3.05, 3.63) is 46.7 Å². The Balaban J connectivity index is 2.05. The first kappa shape index (κ1) is 26.1. The van der Waals surface area contributed by atoms with Crippen LogP contribution in [0.2, 0.25) is 0 Å². The van der Waals surface area contributed by atoms with Gasteiger partial charge in [0.05, 0.1) is 30.0 Å². The molecule has 0 spiro atoms. The molecule has 0 atom stereocenters. The Morgan fingerprint density at radius 3 is 2.75 bits per heavy atom. The fourth-order valence-electron chi connectivity index (χ4n) is 2.35. The number of nitrogens with one attached hydrogen (secondary N) is 2. The molecule has 0 bridgehead atoms. The van der Waals surface area contributed by atoms with E-state index in [4.69, 9.17) is 21.1 Å². The summed E-state index contributed by atoms with van der Waals surface area (Å²) in [5, 5.41) is 0.301. The Morgan fingerprint density at radius 2 is 2.06 bits per heavy atom. The summed E-state index contributed by atoms with van der Waals surface area (Å²) in [7, 11) is 1.59. The highest BCUT2D eigenvalue weighted by atomic mass is 79.9. The van der Waals surface area contributed by atoms with E-state index in [0.717, 1.165) is 28.6 Å². The summed E-state index contributed by atoms with van der Waals surface area (Å²) >= 11 is 10.5. The normalized spacial score (nSPS) is 11.6. The molecule has 0 radical (unpaired) electrons. The second-order valence-electron chi connectivity index (χ2n) is 6.27. The highest BCUT2D eigenvalue weighted by Crippen LogP contribution is 2.35. The Hall–Kier alpha value is -2.14. The molecule has 0 aliphatic rings. The molecule has 0 amide bonds. The first-order valence-corrected chi connectivity index (χ1v) is 11.9. The highest BCUT2D eigenvalue weighted by molar-refractivity contribution is 9.10. The third-order valence-electron chi connectivity index (χ3n) is 3.78. The van der Waals surface area contributed by atoms with Gasteiger partial charge in [-0.25, -0.2) is 24.7 Å². The van der Waals surface area contributed by atoms with Gasteiger partial charge in [0, 0.05) is 36.6 Å². The van der Waals surface area contributed by atoms with Crippen molar-refractivity contribution in [3.63, 3.8) is 0 Å². The zero-order valence-corrected chi connectivity index (χ0v) is 21.1. The number of anilines is 1. The lowest BCUT2D eigenvalue weighted by molar-refractivity contribution is 0.234. The second-order valence-corrected chi connectivity index (χ2v) is 8.37. The van der Waals surface area contributed by atoms with Gasteiger partial charge in [0.1, 0.15) is 6.33 Å². The Morgan fingerprint density at radius 1 is 1.28 bits per heavy atom. The standard InChI is InChI=1S/C21H26BrClN6O2S/c1-4-10-28-32-29-19-18(16-6-8-17(22)9-7-16)20(27-14-26-19)30-11-5-12-31-21(24-3)25-13-15(2)23/h6-9,13-14,28H,2,4-5,10-12H2,1,3H3,(H,26,27,29)/b24-21?,25-13-. The van der Waals surface area contributed by atoms with Crippen molar-refractivity contribution in [2.75, 3.05) is 31.5 Å². The molecule has 0 fully saturated rings. The zero-order valence-electron chi connectivity index (χ0n) is 18.0. The molecule has 11 heteroatoms. The topological polar surface area (TPSA) is 93.0 Å². The first-order chi connectivity index (χ1) is 15.5. The molecule has 1 heterocycles. The molecule has 2 N–H and O–H groups in total. The van der Waals surface area contributed by atoms with Crippen LogP contribution in [0.3, 0.4) is 0 Å². The SMILES string of the molecule is C=C(Cl)/C=N\C(=NC)OCCCOc1ncnc(NSNCCC)c1-c1ccc(Br)cc1. The third-order valence-corrected chi connectivity index (χ3v) is 5.05. The molecule has 8 nitrogen and oxygen atoms in total. The minimum atomic E-state index is 0.229. The lowest BCUT2D eigenvalue weighted by atomic mass is 10.1. The molecule has 0 unspecified atom stereocenters. The van der Waals surface area contributed by atoms with Crippen LogP contribution in [0.5, 0.6) is 5.88 Å². The number of hydrogen-bond donors (Lipinski definition) is 2. The number of allylic oxidation sites excluding steroid dienone is 1. The van der Waals surface area contributed by atoms with Gasteiger partial charge in [-0.15, -0.1) is 0 Å². The lowest BCUT2D eigenvalue weighted by Gasteiger charge is -2.15. The number of rotatable bonds is 12. The molecule has 1 aromatic heterocycles. The Bertz CT molecular complexity index is 927. The van der Waals surface area contributed by atoms with Gasteiger partial charge in [-0.05, 0) is 24.1 Å². The minimum Gasteiger partial charge on any atom is -0.477 e. The molecular formula is C21H26BrClN6O2S. The van der Waals surface area contributed by atoms with Gasteiger partial charge >= 0.3 is 6.02 Å². The average Bonchev–Trinajstić information content (AvgIpc) is 2.79. The minimum absolute atomic E-state index is 0.229. The van der Waals surface area contributed by atoms with Gasteiger partial charge in [-0.3, -0.25) is 0 Å². The van der Waals surface area contributed by atoms with Crippen molar-refractivity contribution in [2.24, 2.45) is 9.98 Å². The van der Waals surface area contributed by atoms with Crippen LogP contribution in [0.1, 0.15) is 19.8 Å². The summed E-state index contributed by atoms with van der Waals surface area (Å²) in [6.45, 7) is 7.29. The third kappa shape index (κ3) is 9.15. The molecule has 1 aromatic carbocycles. The van der Waals surface area contributed by atoms with Crippen LogP contribution in [-0.4, -0.2) is 49.0 Å². The van der Waals surface area contributed by atoms with Crippen LogP contribution < -0.4 is 14.2 Å². The summed E-state index contributed by atoms with van der Waals surface area (Å²) < 4.78 is 18.9. The van der Waals surface area contributed by atoms with Crippen molar-refractivity contribution in [2.45, 2.75) is 19.8 Å². The van der Waals surface area contributed by atoms with Gasteiger partial charge in [-0.1, -0.05) is 53.2 Å². The van der Waals surface area contributed by atoms with Crippen molar-refractivity contribution in [3.8, 4) is 17.0 Å². The van der Waals surface area contributed by atoms with E-state index in [1.54, 1.807) is 7.05 Å². The van der Waals surface area contributed by atoms with Crippen LogP contribution in [0.4, 0.5) is 5.82 Å². The fourth-order valence-corrected chi connectivity index (χ4v) is 3.29. The van der Waals surface area contributed by atoms with Crippen LogP contribution in [0, 0.1) is 0 Å². The second kappa shape index (κ2) is 14.8. The first-order valence-electron chi connectivity index (χ1n) is 9.91. The number of hydrogen-bond acceptors (Lipinski definition) is 8. The van der Waals surface area contributed by atoms with E-state index in [-0.39, 0.29) is 6.02 Å². The summed E-state index contributed by atoms with van der Waals surface area (Å²) in [5.74, 6) is 1.15. The van der Waals surface area contributed by atoms with Crippen LogP contribution >= 0.6 is 39.7 Å². The number of halogens is 2. The van der Waals surface area contributed by atoms with E-state index in [0.29, 0.717) is 36.4 Å². The maximum Gasteiger partial charge on any atom is 0.311 e. The van der Waals surface area contributed by atoms with E-state index >= 15 is 0 Å². The molecule has 0 aliphatic carbocycles. The number of ether oxygens (including phenoxy) is 2. The van der Waals surface area contributed by atoms with Gasteiger partial charge < -0.3 is 14.2 Å². The predicted molar refractivity (Wildman–Crippen MR) is 138 cm³/mol. The smallest absolute Gasteiger partial charge is 0.311 e.